The second-order valence-corrected chi connectivity index (χ2v) is 14.8. The zero-order valence-corrected chi connectivity index (χ0v) is 31.1. The van der Waals surface area contributed by atoms with E-state index in [4.69, 9.17) is 4.74 Å². The highest BCUT2D eigenvalue weighted by atomic mass is 16.6. The van der Waals surface area contributed by atoms with Crippen LogP contribution < -0.4 is 16.0 Å². The number of benzene rings is 1. The van der Waals surface area contributed by atoms with Gasteiger partial charge in [-0.3, -0.25) is 19.4 Å². The fourth-order valence-corrected chi connectivity index (χ4v) is 6.52. The van der Waals surface area contributed by atoms with E-state index in [9.17, 15) is 24.3 Å². The summed E-state index contributed by atoms with van der Waals surface area (Å²) < 4.78 is 5.47. The summed E-state index contributed by atoms with van der Waals surface area (Å²) >= 11 is 0. The number of aromatic nitrogens is 1. The second-order valence-electron chi connectivity index (χ2n) is 14.8. The number of pyridine rings is 1. The normalized spacial score (nSPS) is 16.4. The van der Waals surface area contributed by atoms with E-state index in [1.165, 1.54) is 11.3 Å². The van der Waals surface area contributed by atoms with E-state index in [1.807, 2.05) is 48.5 Å². The maximum atomic E-state index is 14.1. The first-order valence-corrected chi connectivity index (χ1v) is 18.3. The Morgan fingerprint density at radius 2 is 1.71 bits per heavy atom. The lowest BCUT2D eigenvalue weighted by molar-refractivity contribution is -0.141. The Morgan fingerprint density at radius 1 is 1.02 bits per heavy atom. The second kappa shape index (κ2) is 20.6. The first kappa shape index (κ1) is 41.2. The number of hydrogen-bond donors (Lipinski definition) is 4. The van der Waals surface area contributed by atoms with Crippen LogP contribution in [0.3, 0.4) is 0 Å². The van der Waals surface area contributed by atoms with Crippen LogP contribution in [0, 0.1) is 11.8 Å². The number of nitrogens with zero attached hydrogens (tertiary/aromatic N) is 2. The number of alkyl carbamates (subject to hydrolysis) is 1. The van der Waals surface area contributed by atoms with Gasteiger partial charge in [-0.25, -0.2) is 4.79 Å². The van der Waals surface area contributed by atoms with Gasteiger partial charge < -0.3 is 30.7 Å². The lowest BCUT2D eigenvalue weighted by Crippen LogP contribution is -2.57. The third kappa shape index (κ3) is 14.5. The molecule has 1 aliphatic rings. The van der Waals surface area contributed by atoms with Crippen molar-refractivity contribution in [2.24, 2.45) is 11.8 Å². The molecule has 1 saturated carbocycles. The predicted octanol–water partition coefficient (Wildman–Crippen LogP) is 5.47. The third-order valence-electron chi connectivity index (χ3n) is 9.38. The monoisotopic (exact) mass is 705 g/mol. The van der Waals surface area contributed by atoms with Crippen LogP contribution in [0.15, 0.2) is 67.4 Å². The number of carbonyl (C=O) groups excluding carboxylic acids is 4. The van der Waals surface area contributed by atoms with Crippen molar-refractivity contribution in [2.45, 2.75) is 128 Å². The lowest BCUT2D eigenvalue weighted by atomic mass is 9.82. The topological polar surface area (TPSA) is 150 Å². The van der Waals surface area contributed by atoms with E-state index < -0.39 is 53.7 Å². The first-order chi connectivity index (χ1) is 24.3. The number of ether oxygens (including phenoxy) is 1. The van der Waals surface area contributed by atoms with E-state index >= 15 is 0 Å². The zero-order chi connectivity index (χ0) is 37.4. The lowest BCUT2D eigenvalue weighted by Gasteiger charge is -2.35. The SMILES string of the molecule is C=CC[C@@H](C(=O)N[C@@H](CC1CCCCC1)[C@@H](O)C[C@@H](C)C(=O)NCc1ccccn1)N(C)C(=O)[C@H](CCc1ccccc1)NC(=O)OC(C)(C)C. The molecule has 11 nitrogen and oxygen atoms in total. The fourth-order valence-electron chi connectivity index (χ4n) is 6.52. The van der Waals surface area contributed by atoms with Crippen molar-refractivity contribution in [3.8, 4) is 0 Å². The number of carbonyl (C=O) groups is 4. The molecule has 1 aliphatic carbocycles. The number of hydrogen-bond acceptors (Lipinski definition) is 7. The number of amides is 4. The van der Waals surface area contributed by atoms with Crippen molar-refractivity contribution in [1.29, 1.82) is 0 Å². The third-order valence-corrected chi connectivity index (χ3v) is 9.38. The van der Waals surface area contributed by atoms with E-state index in [2.05, 4.69) is 27.5 Å². The largest absolute Gasteiger partial charge is 0.444 e. The van der Waals surface area contributed by atoms with Gasteiger partial charge in [0.25, 0.3) is 0 Å². The summed E-state index contributed by atoms with van der Waals surface area (Å²) in [4.78, 5) is 59.5. The van der Waals surface area contributed by atoms with Crippen molar-refractivity contribution >= 4 is 23.8 Å². The molecule has 0 saturated heterocycles. The van der Waals surface area contributed by atoms with Gasteiger partial charge in [-0.15, -0.1) is 6.58 Å². The van der Waals surface area contributed by atoms with E-state index in [0.717, 1.165) is 36.9 Å². The fraction of sp³-hybridized carbons (Fsp3) is 0.575. The maximum absolute atomic E-state index is 14.1. The molecule has 0 bridgehead atoms. The number of aryl methyl sites for hydroxylation is 1. The molecule has 0 radical (unpaired) electrons. The molecule has 1 aromatic carbocycles. The molecule has 1 fully saturated rings. The number of aliphatic hydroxyl groups is 1. The Labute approximate surface area is 304 Å². The van der Waals surface area contributed by atoms with Gasteiger partial charge in [0.05, 0.1) is 24.4 Å². The van der Waals surface area contributed by atoms with Crippen LogP contribution in [0.25, 0.3) is 0 Å². The minimum absolute atomic E-state index is 0.147. The Kier molecular flexibility index (Phi) is 16.6. The minimum atomic E-state index is -0.996. The molecule has 280 valence electrons. The Hall–Kier alpha value is -4.25. The van der Waals surface area contributed by atoms with Gasteiger partial charge in [0.15, 0.2) is 0 Å². The van der Waals surface area contributed by atoms with Crippen LogP contribution in [0.4, 0.5) is 4.79 Å². The molecule has 51 heavy (non-hydrogen) atoms. The molecule has 3 rings (SSSR count). The summed E-state index contributed by atoms with van der Waals surface area (Å²) in [5.74, 6) is -1.29. The van der Waals surface area contributed by atoms with Gasteiger partial charge in [0, 0.05) is 19.2 Å². The van der Waals surface area contributed by atoms with E-state index in [0.29, 0.717) is 18.8 Å². The molecule has 1 aromatic heterocycles. The molecule has 11 heteroatoms. The summed E-state index contributed by atoms with van der Waals surface area (Å²) in [6.07, 6.45) is 8.58. The smallest absolute Gasteiger partial charge is 0.408 e. The Morgan fingerprint density at radius 3 is 2.33 bits per heavy atom. The molecular formula is C40H59N5O6. The zero-order valence-electron chi connectivity index (χ0n) is 31.1. The summed E-state index contributed by atoms with van der Waals surface area (Å²) in [7, 11) is 1.54. The Balaban J connectivity index is 1.75. The first-order valence-electron chi connectivity index (χ1n) is 18.3. The number of aliphatic hydroxyl groups excluding tert-OH is 1. The molecule has 4 N–H and O–H groups in total. The molecule has 0 unspecified atom stereocenters. The van der Waals surface area contributed by atoms with Crippen LogP contribution in [-0.2, 0) is 32.1 Å². The summed E-state index contributed by atoms with van der Waals surface area (Å²) in [5, 5.41) is 20.2. The van der Waals surface area contributed by atoms with Crippen LogP contribution in [-0.4, -0.2) is 75.7 Å². The molecular weight excluding hydrogens is 646 g/mol. The number of rotatable bonds is 18. The van der Waals surface area contributed by atoms with Gasteiger partial charge in [-0.2, -0.15) is 0 Å². The summed E-state index contributed by atoms with van der Waals surface area (Å²) in [5.41, 5.74) is 0.972. The van der Waals surface area contributed by atoms with Crippen LogP contribution >= 0.6 is 0 Å². The van der Waals surface area contributed by atoms with Crippen molar-refractivity contribution in [3.05, 3.63) is 78.6 Å². The van der Waals surface area contributed by atoms with E-state index in [1.54, 1.807) is 47.0 Å². The highest BCUT2D eigenvalue weighted by molar-refractivity contribution is 5.91. The van der Waals surface area contributed by atoms with Gasteiger partial charge in [0.1, 0.15) is 17.7 Å². The van der Waals surface area contributed by atoms with Crippen LogP contribution in [0.5, 0.6) is 0 Å². The minimum Gasteiger partial charge on any atom is -0.444 e. The molecule has 2 aromatic rings. The summed E-state index contributed by atoms with van der Waals surface area (Å²) in [6.45, 7) is 11.1. The van der Waals surface area contributed by atoms with Gasteiger partial charge in [-0.05, 0) is 76.5 Å². The van der Waals surface area contributed by atoms with Crippen LogP contribution in [0.1, 0.15) is 96.7 Å². The molecule has 0 spiro atoms. The standard InChI is InChI=1S/C40H59N5O6/c1-7-16-34(45(6)38(49)32(44-39(50)51-40(3,4)5)23-22-29-17-10-8-11-18-29)37(48)43-33(26-30-19-12-9-13-20-30)35(46)25-28(2)36(47)42-27-31-21-14-15-24-41-31/h7-8,10-11,14-15,17-18,21,24,28,30,32-35,46H,1,9,12-13,16,19-20,22-23,25-27H2,2-6H3,(H,42,47)(H,43,48)(H,44,50)/t28-,32+,33+,34+,35+/m1/s1. The molecule has 5 atom stereocenters. The molecule has 4 amide bonds. The van der Waals surface area contributed by atoms with E-state index in [-0.39, 0.29) is 31.7 Å². The average Bonchev–Trinajstić information content (AvgIpc) is 3.10. The average molecular weight is 706 g/mol. The number of nitrogens with one attached hydrogen (secondary N) is 3. The highest BCUT2D eigenvalue weighted by Crippen LogP contribution is 2.29. The van der Waals surface area contributed by atoms with Crippen molar-refractivity contribution < 1.29 is 29.0 Å². The van der Waals surface area contributed by atoms with Gasteiger partial charge in [-0.1, -0.05) is 81.5 Å². The van der Waals surface area contributed by atoms with Crippen molar-refractivity contribution in [2.75, 3.05) is 7.05 Å². The highest BCUT2D eigenvalue weighted by Gasteiger charge is 2.35. The summed E-state index contributed by atoms with van der Waals surface area (Å²) in [6, 6.07) is 12.6. The molecule has 0 aliphatic heterocycles. The maximum Gasteiger partial charge on any atom is 0.408 e. The van der Waals surface area contributed by atoms with Gasteiger partial charge >= 0.3 is 6.09 Å². The Bertz CT molecular complexity index is 1390. The predicted molar refractivity (Wildman–Crippen MR) is 198 cm³/mol. The van der Waals surface area contributed by atoms with Crippen molar-refractivity contribution in [3.63, 3.8) is 0 Å². The van der Waals surface area contributed by atoms with Gasteiger partial charge in [0.2, 0.25) is 17.7 Å². The number of likely N-dealkylation sites (N-methyl/N-ethyl adjacent to an activating group) is 1. The molecule has 1 heterocycles. The van der Waals surface area contributed by atoms with Crippen molar-refractivity contribution in [1.82, 2.24) is 25.8 Å². The quantitative estimate of drug-likeness (QED) is 0.150. The van der Waals surface area contributed by atoms with Crippen LogP contribution in [0.2, 0.25) is 0 Å².